The topological polar surface area (TPSA) is 69.1 Å². The first-order valence-corrected chi connectivity index (χ1v) is 2.77. The van der Waals surface area contributed by atoms with E-state index in [1.165, 1.54) is 6.07 Å². The molecule has 10 heavy (non-hydrogen) atoms. The van der Waals surface area contributed by atoms with E-state index in [-0.39, 0.29) is 0 Å². The number of amides is 1. The molecule has 0 atom stereocenters. The molecule has 0 aliphatic heterocycles. The Morgan fingerprint density at radius 2 is 2.30 bits per heavy atom. The minimum atomic E-state index is -0.507. The zero-order valence-corrected chi connectivity index (χ0v) is 5.29. The van der Waals surface area contributed by atoms with Crippen molar-refractivity contribution in [3.8, 4) is 0 Å². The first-order chi connectivity index (χ1) is 4.70. The van der Waals surface area contributed by atoms with Crippen molar-refractivity contribution in [2.24, 2.45) is 5.73 Å². The van der Waals surface area contributed by atoms with E-state index in [0.29, 0.717) is 11.3 Å². The summed E-state index contributed by atoms with van der Waals surface area (Å²) in [5.41, 5.74) is 11.2. The fourth-order valence-corrected chi connectivity index (χ4v) is 0.626. The van der Waals surface area contributed by atoms with E-state index < -0.39 is 5.91 Å². The summed E-state index contributed by atoms with van der Waals surface area (Å²) in [6.45, 7) is 0. The maximum absolute atomic E-state index is 10.5. The average Bonchev–Trinajstić information content (AvgIpc) is 1.88. The second-order valence-electron chi connectivity index (χ2n) is 1.90. The largest absolute Gasteiger partial charge is 0.399 e. The number of anilines is 1. The van der Waals surface area contributed by atoms with Gasteiger partial charge in [0, 0.05) is 11.3 Å². The van der Waals surface area contributed by atoms with Crippen molar-refractivity contribution in [2.45, 2.75) is 0 Å². The van der Waals surface area contributed by atoms with Crippen LogP contribution >= 0.6 is 0 Å². The lowest BCUT2D eigenvalue weighted by Crippen LogP contribution is -2.11. The second-order valence-corrected chi connectivity index (χ2v) is 1.90. The molecule has 0 aromatic heterocycles. The summed E-state index contributed by atoms with van der Waals surface area (Å²) in [6, 6.07) is 7.35. The van der Waals surface area contributed by atoms with Gasteiger partial charge in [-0.25, -0.2) is 0 Å². The Hall–Kier alpha value is -1.51. The van der Waals surface area contributed by atoms with Gasteiger partial charge in [-0.15, -0.1) is 0 Å². The van der Waals surface area contributed by atoms with Crippen LogP contribution in [-0.4, -0.2) is 5.91 Å². The Balaban J connectivity index is 3.07. The standard InChI is InChI=1S/C7H7N2O/c8-6-3-1-2-5(4-6)7(9)10/h1,3-4H,8H2,(H2,9,10). The predicted molar refractivity (Wildman–Crippen MR) is 38.2 cm³/mol. The smallest absolute Gasteiger partial charge is 0.249 e. The number of carbonyl (C=O) groups is 1. The van der Waals surface area contributed by atoms with E-state index in [0.717, 1.165) is 0 Å². The zero-order valence-electron chi connectivity index (χ0n) is 5.29. The molecular formula is C7H7N2O. The van der Waals surface area contributed by atoms with E-state index in [4.69, 9.17) is 11.5 Å². The highest BCUT2D eigenvalue weighted by Gasteiger charge is 1.97. The van der Waals surface area contributed by atoms with Gasteiger partial charge in [-0.2, -0.15) is 0 Å². The van der Waals surface area contributed by atoms with Crippen molar-refractivity contribution in [1.82, 2.24) is 0 Å². The molecule has 0 spiro atoms. The Morgan fingerprint density at radius 3 is 2.70 bits per heavy atom. The normalized spacial score (nSPS) is 9.20. The summed E-state index contributed by atoms with van der Waals surface area (Å²) in [5.74, 6) is -0.507. The molecule has 0 aliphatic carbocycles. The van der Waals surface area contributed by atoms with Gasteiger partial charge >= 0.3 is 0 Å². The summed E-state index contributed by atoms with van der Waals surface area (Å²) in [5, 5.41) is 0. The number of hydrogen-bond donors (Lipinski definition) is 2. The van der Waals surface area contributed by atoms with Gasteiger partial charge < -0.3 is 11.5 Å². The average molecular weight is 135 g/mol. The number of nitrogens with two attached hydrogens (primary N) is 2. The first kappa shape index (κ1) is 6.61. The molecule has 1 aromatic rings. The van der Waals surface area contributed by atoms with E-state index in [1.54, 1.807) is 12.1 Å². The van der Waals surface area contributed by atoms with Gasteiger partial charge in [0.05, 0.1) is 0 Å². The number of carbonyl (C=O) groups excluding carboxylic acids is 1. The minimum absolute atomic E-state index is 0.319. The third-order valence-electron chi connectivity index (χ3n) is 1.09. The van der Waals surface area contributed by atoms with Crippen LogP contribution in [0.4, 0.5) is 5.69 Å². The molecule has 3 nitrogen and oxygen atoms in total. The van der Waals surface area contributed by atoms with E-state index in [1.807, 2.05) is 0 Å². The summed E-state index contributed by atoms with van der Waals surface area (Å²) in [6.07, 6.45) is 0. The molecule has 0 fully saturated rings. The van der Waals surface area contributed by atoms with Crippen LogP contribution < -0.4 is 11.5 Å². The highest BCUT2D eigenvalue weighted by molar-refractivity contribution is 5.93. The third-order valence-corrected chi connectivity index (χ3v) is 1.09. The third kappa shape index (κ3) is 1.25. The molecule has 1 aromatic carbocycles. The predicted octanol–water partition coefficient (Wildman–Crippen LogP) is 0.168. The van der Waals surface area contributed by atoms with Crippen molar-refractivity contribution in [3.05, 3.63) is 29.8 Å². The molecule has 1 amide bonds. The Kier molecular flexibility index (Phi) is 1.58. The van der Waals surface area contributed by atoms with Crippen molar-refractivity contribution < 1.29 is 4.79 Å². The quantitative estimate of drug-likeness (QED) is 0.539. The number of primary amides is 1. The maximum Gasteiger partial charge on any atom is 0.249 e. The fourth-order valence-electron chi connectivity index (χ4n) is 0.626. The molecule has 0 unspecified atom stereocenters. The minimum Gasteiger partial charge on any atom is -0.399 e. The summed E-state index contributed by atoms with van der Waals surface area (Å²) < 4.78 is 0. The fraction of sp³-hybridized carbons (Fsp3) is 0. The lowest BCUT2D eigenvalue weighted by Gasteiger charge is -1.94. The van der Waals surface area contributed by atoms with Crippen LogP contribution in [0.3, 0.4) is 0 Å². The van der Waals surface area contributed by atoms with Gasteiger partial charge in [-0.05, 0) is 18.2 Å². The first-order valence-electron chi connectivity index (χ1n) is 2.77. The van der Waals surface area contributed by atoms with Crippen LogP contribution in [-0.2, 0) is 0 Å². The van der Waals surface area contributed by atoms with E-state index >= 15 is 0 Å². The molecule has 51 valence electrons. The van der Waals surface area contributed by atoms with Gasteiger partial charge in [0.1, 0.15) is 0 Å². The maximum atomic E-state index is 10.5. The lowest BCUT2D eigenvalue weighted by atomic mass is 10.2. The van der Waals surface area contributed by atoms with Gasteiger partial charge in [0.25, 0.3) is 0 Å². The molecule has 0 saturated carbocycles. The molecule has 0 heterocycles. The van der Waals surface area contributed by atoms with Crippen LogP contribution in [0.5, 0.6) is 0 Å². The number of nitrogen functional groups attached to an aromatic ring is 1. The second kappa shape index (κ2) is 2.39. The zero-order chi connectivity index (χ0) is 7.56. The van der Waals surface area contributed by atoms with Crippen LogP contribution in [0.15, 0.2) is 18.2 Å². The van der Waals surface area contributed by atoms with Gasteiger partial charge in [-0.1, -0.05) is 6.07 Å². The highest BCUT2D eigenvalue weighted by atomic mass is 16.1. The summed E-state index contributed by atoms with van der Waals surface area (Å²) in [4.78, 5) is 10.5. The van der Waals surface area contributed by atoms with Gasteiger partial charge in [0.2, 0.25) is 5.91 Å². The molecule has 3 heteroatoms. The van der Waals surface area contributed by atoms with E-state index in [2.05, 4.69) is 6.07 Å². The van der Waals surface area contributed by atoms with Crippen LogP contribution in [0, 0.1) is 6.07 Å². The lowest BCUT2D eigenvalue weighted by molar-refractivity contribution is 0.1000. The molecule has 4 N–H and O–H groups in total. The van der Waals surface area contributed by atoms with Crippen molar-refractivity contribution in [3.63, 3.8) is 0 Å². The van der Waals surface area contributed by atoms with Crippen LogP contribution in [0.1, 0.15) is 10.4 Å². The van der Waals surface area contributed by atoms with Crippen molar-refractivity contribution >= 4 is 11.6 Å². The van der Waals surface area contributed by atoms with E-state index in [9.17, 15) is 4.79 Å². The molecule has 0 bridgehead atoms. The molecule has 1 rings (SSSR count). The Labute approximate surface area is 58.6 Å². The SMILES string of the molecule is NC(=O)c1[c]ccc(N)c1. The van der Waals surface area contributed by atoms with Gasteiger partial charge in [-0.3, -0.25) is 4.79 Å². The highest BCUT2D eigenvalue weighted by Crippen LogP contribution is 2.03. The molecule has 1 radical (unpaired) electrons. The van der Waals surface area contributed by atoms with Gasteiger partial charge in [0.15, 0.2) is 0 Å². The van der Waals surface area contributed by atoms with Crippen molar-refractivity contribution in [2.75, 3.05) is 5.73 Å². The summed E-state index contributed by atoms with van der Waals surface area (Å²) in [7, 11) is 0. The van der Waals surface area contributed by atoms with Crippen LogP contribution in [0.25, 0.3) is 0 Å². The monoisotopic (exact) mass is 135 g/mol. The van der Waals surface area contributed by atoms with Crippen molar-refractivity contribution in [1.29, 1.82) is 0 Å². The Morgan fingerprint density at radius 1 is 1.60 bits per heavy atom. The number of rotatable bonds is 1. The molecule has 0 aliphatic rings. The molecular weight excluding hydrogens is 128 g/mol. The molecule has 0 saturated heterocycles. The summed E-state index contributed by atoms with van der Waals surface area (Å²) >= 11 is 0. The Bertz CT molecular complexity index is 258. The number of benzene rings is 1. The number of hydrogen-bond acceptors (Lipinski definition) is 2. The van der Waals surface area contributed by atoms with Crippen LogP contribution in [0.2, 0.25) is 0 Å².